The minimum Gasteiger partial charge on any atom is -0.387 e. The predicted molar refractivity (Wildman–Crippen MR) is 123 cm³/mol. The molecule has 2 saturated heterocycles. The molecule has 184 valence electrons. The van der Waals surface area contributed by atoms with Crippen LogP contribution in [-0.4, -0.2) is 68.7 Å². The molecule has 0 bridgehead atoms. The van der Waals surface area contributed by atoms with E-state index in [1.165, 1.54) is 28.7 Å². The Morgan fingerprint density at radius 2 is 2.06 bits per heavy atom. The van der Waals surface area contributed by atoms with Crippen LogP contribution in [0.4, 0.5) is 14.6 Å². The third-order valence-electron chi connectivity index (χ3n) is 6.82. The number of amides is 2. The summed E-state index contributed by atoms with van der Waals surface area (Å²) in [5.41, 5.74) is -0.325. The van der Waals surface area contributed by atoms with Crippen molar-refractivity contribution in [2.24, 2.45) is 0 Å². The number of aliphatic hydroxyl groups is 1. The zero-order valence-corrected chi connectivity index (χ0v) is 19.2. The molecule has 1 aromatic carbocycles. The number of imidazole rings is 1. The summed E-state index contributed by atoms with van der Waals surface area (Å²) in [6, 6.07) is 6.55. The lowest BCUT2D eigenvalue weighted by molar-refractivity contribution is -0.125. The monoisotopic (exact) mass is 484 g/mol. The van der Waals surface area contributed by atoms with Crippen molar-refractivity contribution >= 4 is 23.3 Å². The van der Waals surface area contributed by atoms with Crippen molar-refractivity contribution < 1.29 is 23.5 Å². The maximum absolute atomic E-state index is 14.5. The van der Waals surface area contributed by atoms with Gasteiger partial charge in [-0.2, -0.15) is 0 Å². The minimum atomic E-state index is -1.29. The summed E-state index contributed by atoms with van der Waals surface area (Å²) in [7, 11) is 1.50. The topological polar surface area (TPSA) is 103 Å². The zero-order valence-electron chi connectivity index (χ0n) is 19.2. The maximum atomic E-state index is 14.5. The Morgan fingerprint density at radius 1 is 1.23 bits per heavy atom. The lowest BCUT2D eigenvalue weighted by atomic mass is 9.98. The van der Waals surface area contributed by atoms with E-state index in [-0.39, 0.29) is 48.5 Å². The number of halogens is 2. The van der Waals surface area contributed by atoms with Gasteiger partial charge in [0.2, 0.25) is 5.91 Å². The summed E-state index contributed by atoms with van der Waals surface area (Å²) in [6.07, 6.45) is 3.06. The van der Waals surface area contributed by atoms with Gasteiger partial charge < -0.3 is 20.2 Å². The normalized spacial score (nSPS) is 22.2. The Bertz CT molecular complexity index is 1300. The quantitative estimate of drug-likeness (QED) is 0.575. The minimum absolute atomic E-state index is 0.0270. The maximum Gasteiger partial charge on any atom is 0.274 e. The van der Waals surface area contributed by atoms with E-state index in [1.54, 1.807) is 12.1 Å². The van der Waals surface area contributed by atoms with Gasteiger partial charge in [0, 0.05) is 25.7 Å². The van der Waals surface area contributed by atoms with Crippen molar-refractivity contribution in [3.8, 4) is 0 Å². The number of rotatable bonds is 5. The van der Waals surface area contributed by atoms with Crippen LogP contribution in [0, 0.1) is 11.6 Å². The fraction of sp³-hybridized carbons (Fsp3) is 0.417. The molecule has 2 amide bonds. The molecule has 35 heavy (non-hydrogen) atoms. The molecule has 0 spiro atoms. The lowest BCUT2D eigenvalue weighted by Crippen LogP contribution is -2.40. The molecule has 0 radical (unpaired) electrons. The van der Waals surface area contributed by atoms with E-state index in [4.69, 9.17) is 0 Å². The van der Waals surface area contributed by atoms with Crippen LogP contribution in [0.3, 0.4) is 0 Å². The second-order valence-electron chi connectivity index (χ2n) is 9.17. The summed E-state index contributed by atoms with van der Waals surface area (Å²) in [6.45, 7) is 0.932. The van der Waals surface area contributed by atoms with Crippen LogP contribution in [0.5, 0.6) is 0 Å². The van der Waals surface area contributed by atoms with Gasteiger partial charge in [0.05, 0.1) is 30.8 Å². The molecule has 11 heteroatoms. The molecule has 2 aliphatic rings. The number of fused-ring (bicyclic) bond motifs is 1. The van der Waals surface area contributed by atoms with Crippen molar-refractivity contribution in [1.29, 1.82) is 0 Å². The Labute approximate surface area is 200 Å². The summed E-state index contributed by atoms with van der Waals surface area (Å²) in [5, 5.41) is 17.9. The largest absolute Gasteiger partial charge is 0.387 e. The smallest absolute Gasteiger partial charge is 0.274 e. The zero-order chi connectivity index (χ0) is 24.7. The highest BCUT2D eigenvalue weighted by molar-refractivity contribution is 5.93. The SMILES string of the molecule is CNC(=O)CC1(O)CCN(C(=O)c2cnc3ccc(N4CCC[C@@H]4c4cc(F)ccc4F)nn23)C1. The molecule has 0 saturated carbocycles. The Hall–Kier alpha value is -3.60. The summed E-state index contributed by atoms with van der Waals surface area (Å²) >= 11 is 0. The molecule has 2 atom stereocenters. The number of nitrogens with one attached hydrogen (secondary N) is 1. The van der Waals surface area contributed by atoms with Crippen molar-refractivity contribution in [1.82, 2.24) is 24.8 Å². The van der Waals surface area contributed by atoms with Gasteiger partial charge in [0.1, 0.15) is 17.5 Å². The van der Waals surface area contributed by atoms with E-state index in [1.807, 2.05) is 4.90 Å². The van der Waals surface area contributed by atoms with E-state index in [9.17, 15) is 23.5 Å². The number of aromatic nitrogens is 3. The Kier molecular flexibility index (Phi) is 5.87. The van der Waals surface area contributed by atoms with Crippen LogP contribution < -0.4 is 10.2 Å². The number of β-amino-alcohol motifs (C(OH)–C–C–N with tert-alkyl or cyclic N) is 1. The van der Waals surface area contributed by atoms with Crippen LogP contribution in [0.15, 0.2) is 36.5 Å². The lowest BCUT2D eigenvalue weighted by Gasteiger charge is -2.26. The van der Waals surface area contributed by atoms with Crippen molar-refractivity contribution in [2.75, 3.05) is 31.6 Å². The number of hydrogen-bond acceptors (Lipinski definition) is 6. The molecular weight excluding hydrogens is 458 g/mol. The predicted octanol–water partition coefficient (Wildman–Crippen LogP) is 2.06. The van der Waals surface area contributed by atoms with Gasteiger partial charge in [-0.15, -0.1) is 5.10 Å². The third-order valence-corrected chi connectivity index (χ3v) is 6.82. The van der Waals surface area contributed by atoms with Gasteiger partial charge in [-0.3, -0.25) is 9.59 Å². The molecule has 5 rings (SSSR count). The van der Waals surface area contributed by atoms with E-state index in [0.717, 1.165) is 18.6 Å². The average Bonchev–Trinajstić information content (AvgIpc) is 3.58. The Morgan fingerprint density at radius 3 is 2.86 bits per heavy atom. The molecule has 2 aliphatic heterocycles. The summed E-state index contributed by atoms with van der Waals surface area (Å²) in [4.78, 5) is 32.7. The number of hydrogen-bond donors (Lipinski definition) is 2. The summed E-state index contributed by atoms with van der Waals surface area (Å²) in [5.74, 6) is -1.10. The second kappa shape index (κ2) is 8.88. The fourth-order valence-corrected chi connectivity index (χ4v) is 5.02. The second-order valence-corrected chi connectivity index (χ2v) is 9.17. The van der Waals surface area contributed by atoms with Gasteiger partial charge in [-0.25, -0.2) is 18.3 Å². The number of nitrogens with zero attached hydrogens (tertiary/aromatic N) is 5. The highest BCUT2D eigenvalue weighted by Crippen LogP contribution is 2.36. The first-order valence-corrected chi connectivity index (χ1v) is 11.6. The van der Waals surface area contributed by atoms with E-state index >= 15 is 0 Å². The molecule has 3 aromatic rings. The van der Waals surface area contributed by atoms with Crippen molar-refractivity contribution in [2.45, 2.75) is 37.3 Å². The molecular formula is C24H26F2N6O3. The highest BCUT2D eigenvalue weighted by Gasteiger charge is 2.40. The van der Waals surface area contributed by atoms with Crippen molar-refractivity contribution in [3.05, 3.63) is 59.4 Å². The fourth-order valence-electron chi connectivity index (χ4n) is 5.02. The van der Waals surface area contributed by atoms with Crippen LogP contribution in [0.2, 0.25) is 0 Å². The van der Waals surface area contributed by atoms with Gasteiger partial charge in [0.15, 0.2) is 11.3 Å². The van der Waals surface area contributed by atoms with Crippen LogP contribution in [0.25, 0.3) is 5.65 Å². The van der Waals surface area contributed by atoms with Crippen LogP contribution in [0.1, 0.15) is 47.8 Å². The molecule has 1 unspecified atom stereocenters. The number of carbonyl (C=O) groups excluding carboxylic acids is 2. The van der Waals surface area contributed by atoms with E-state index in [2.05, 4.69) is 15.4 Å². The van der Waals surface area contributed by atoms with E-state index in [0.29, 0.717) is 31.0 Å². The third kappa shape index (κ3) is 4.31. The van der Waals surface area contributed by atoms with Gasteiger partial charge in [-0.05, 0) is 49.6 Å². The first-order valence-electron chi connectivity index (χ1n) is 11.6. The molecule has 0 aliphatic carbocycles. The molecule has 2 fully saturated rings. The molecule has 4 heterocycles. The number of benzene rings is 1. The molecule has 9 nitrogen and oxygen atoms in total. The van der Waals surface area contributed by atoms with Gasteiger partial charge in [0.25, 0.3) is 5.91 Å². The standard InChI is InChI=1S/C24H26F2N6O3/c1-27-22(33)12-24(35)8-10-30(14-24)23(34)19-13-28-20-6-7-21(29-32(19)20)31-9-2-3-18(31)16-11-15(25)4-5-17(16)26/h4-7,11,13,18,35H,2-3,8-10,12,14H2,1H3,(H,27,33)/t18-,24?/m1/s1. The van der Waals surface area contributed by atoms with Crippen LogP contribution in [-0.2, 0) is 4.79 Å². The average molecular weight is 485 g/mol. The van der Waals surface area contributed by atoms with Gasteiger partial charge in [-0.1, -0.05) is 0 Å². The number of carbonyl (C=O) groups is 2. The molecule has 2 aromatic heterocycles. The summed E-state index contributed by atoms with van der Waals surface area (Å²) < 4.78 is 29.8. The molecule has 2 N–H and O–H groups in total. The van der Waals surface area contributed by atoms with Gasteiger partial charge >= 0.3 is 0 Å². The Balaban J connectivity index is 1.42. The first-order chi connectivity index (χ1) is 16.8. The van der Waals surface area contributed by atoms with E-state index < -0.39 is 17.2 Å². The number of anilines is 1. The van der Waals surface area contributed by atoms with Crippen LogP contribution >= 0.6 is 0 Å². The first kappa shape index (κ1) is 23.2. The number of likely N-dealkylation sites (tertiary alicyclic amines) is 1. The highest BCUT2D eigenvalue weighted by atomic mass is 19.1. The van der Waals surface area contributed by atoms with Crippen molar-refractivity contribution in [3.63, 3.8) is 0 Å².